The maximum atomic E-state index is 13.2. The second-order valence-electron chi connectivity index (χ2n) is 6.89. The summed E-state index contributed by atoms with van der Waals surface area (Å²) in [4.78, 5) is 11.1. The highest BCUT2D eigenvalue weighted by Gasteiger charge is 2.13. The van der Waals surface area contributed by atoms with Gasteiger partial charge in [-0.2, -0.15) is 0 Å². The predicted molar refractivity (Wildman–Crippen MR) is 109 cm³/mol. The molecule has 144 valence electrons. The fourth-order valence-electron chi connectivity index (χ4n) is 3.35. The third kappa shape index (κ3) is 5.42. The van der Waals surface area contributed by atoms with Crippen LogP contribution < -0.4 is 15.5 Å². The average Bonchev–Trinajstić information content (AvgIpc) is 3.21. The number of benzene rings is 1. The van der Waals surface area contributed by atoms with Crippen LogP contribution in [-0.4, -0.2) is 37.6 Å². The maximum absolute atomic E-state index is 13.2. The Hall–Kier alpha value is -2.63. The average molecular weight is 369 g/mol. The Bertz CT molecular complexity index is 784. The van der Waals surface area contributed by atoms with Gasteiger partial charge in [0, 0.05) is 39.4 Å². The first-order chi connectivity index (χ1) is 13.2. The van der Waals surface area contributed by atoms with Gasteiger partial charge in [-0.1, -0.05) is 6.07 Å². The van der Waals surface area contributed by atoms with Gasteiger partial charge in [-0.05, 0) is 67.1 Å². The van der Waals surface area contributed by atoms with Crippen LogP contribution in [0.5, 0.6) is 0 Å². The summed E-state index contributed by atoms with van der Waals surface area (Å²) in [6, 6.07) is 9.11. The Balaban J connectivity index is 1.48. The molecule has 3 rings (SSSR count). The molecule has 5 nitrogen and oxygen atoms in total. The van der Waals surface area contributed by atoms with E-state index in [1.165, 1.54) is 24.5 Å². The lowest BCUT2D eigenvalue weighted by molar-refractivity contribution is 0.625. The monoisotopic (exact) mass is 369 g/mol. The lowest BCUT2D eigenvalue weighted by atomic mass is 10.1. The van der Waals surface area contributed by atoms with Gasteiger partial charge in [0.15, 0.2) is 5.96 Å². The van der Waals surface area contributed by atoms with Crippen molar-refractivity contribution in [3.05, 3.63) is 59.0 Å². The van der Waals surface area contributed by atoms with Crippen LogP contribution in [0.3, 0.4) is 0 Å². The minimum absolute atomic E-state index is 0.188. The number of aryl methyl sites for hydroxylation is 1. The summed E-state index contributed by atoms with van der Waals surface area (Å²) in [6.45, 7) is 5.55. The van der Waals surface area contributed by atoms with Crippen LogP contribution in [-0.2, 0) is 13.0 Å². The van der Waals surface area contributed by atoms with Gasteiger partial charge in [0.1, 0.15) is 11.6 Å². The van der Waals surface area contributed by atoms with E-state index in [1.54, 1.807) is 13.1 Å². The molecule has 1 aliphatic heterocycles. The van der Waals surface area contributed by atoms with Crippen molar-refractivity contribution >= 4 is 11.8 Å². The third-order valence-corrected chi connectivity index (χ3v) is 4.91. The quantitative estimate of drug-likeness (QED) is 0.607. The molecule has 0 spiro atoms. The first-order valence-corrected chi connectivity index (χ1v) is 9.55. The molecule has 1 aromatic carbocycles. The van der Waals surface area contributed by atoms with Crippen molar-refractivity contribution in [1.82, 2.24) is 15.6 Å². The number of pyridine rings is 1. The first-order valence-electron chi connectivity index (χ1n) is 9.55. The van der Waals surface area contributed by atoms with Crippen molar-refractivity contribution in [3.63, 3.8) is 0 Å². The highest BCUT2D eigenvalue weighted by Crippen LogP contribution is 2.18. The van der Waals surface area contributed by atoms with Gasteiger partial charge in [-0.25, -0.2) is 9.37 Å². The van der Waals surface area contributed by atoms with E-state index in [0.717, 1.165) is 49.0 Å². The van der Waals surface area contributed by atoms with E-state index in [1.807, 2.05) is 25.3 Å². The second kappa shape index (κ2) is 9.35. The van der Waals surface area contributed by atoms with Gasteiger partial charge < -0.3 is 15.5 Å². The highest BCUT2D eigenvalue weighted by molar-refractivity contribution is 5.79. The highest BCUT2D eigenvalue weighted by atomic mass is 19.1. The first kappa shape index (κ1) is 19.1. The van der Waals surface area contributed by atoms with E-state index < -0.39 is 0 Å². The second-order valence-corrected chi connectivity index (χ2v) is 6.89. The molecule has 0 radical (unpaired) electrons. The van der Waals surface area contributed by atoms with Crippen molar-refractivity contribution in [1.29, 1.82) is 0 Å². The van der Waals surface area contributed by atoms with Gasteiger partial charge in [0.05, 0.1) is 0 Å². The number of hydrogen-bond acceptors (Lipinski definition) is 3. The Kier molecular flexibility index (Phi) is 6.63. The van der Waals surface area contributed by atoms with Gasteiger partial charge in [0.2, 0.25) is 0 Å². The molecule has 1 aromatic heterocycles. The predicted octanol–water partition coefficient (Wildman–Crippen LogP) is 3.04. The topological polar surface area (TPSA) is 52.6 Å². The van der Waals surface area contributed by atoms with Gasteiger partial charge in [0.25, 0.3) is 0 Å². The summed E-state index contributed by atoms with van der Waals surface area (Å²) in [5, 5.41) is 6.66. The summed E-state index contributed by atoms with van der Waals surface area (Å²) >= 11 is 0. The fraction of sp³-hybridized carbons (Fsp3) is 0.429. The Morgan fingerprint density at radius 3 is 2.74 bits per heavy atom. The fourth-order valence-corrected chi connectivity index (χ4v) is 3.35. The molecular weight excluding hydrogens is 341 g/mol. The zero-order chi connectivity index (χ0) is 19.1. The minimum atomic E-state index is -0.188. The van der Waals surface area contributed by atoms with Crippen molar-refractivity contribution < 1.29 is 4.39 Å². The normalized spacial score (nSPS) is 14.5. The van der Waals surface area contributed by atoms with Crippen molar-refractivity contribution in [2.45, 2.75) is 32.7 Å². The van der Waals surface area contributed by atoms with E-state index in [4.69, 9.17) is 0 Å². The van der Waals surface area contributed by atoms with Crippen LogP contribution in [0.4, 0.5) is 10.2 Å². The zero-order valence-corrected chi connectivity index (χ0v) is 16.1. The summed E-state index contributed by atoms with van der Waals surface area (Å²) in [5.41, 5.74) is 3.30. The lowest BCUT2D eigenvalue weighted by Gasteiger charge is -2.17. The number of guanidine groups is 1. The molecule has 1 fully saturated rings. The standard InChI is InChI=1S/C21H28FN5/c1-16-13-19(22)6-5-18(16)8-10-25-21(23-2)26-15-17-7-9-24-20(14-17)27-11-3-4-12-27/h5-7,9,13-14H,3-4,8,10-12,15H2,1-2H3,(H2,23,25,26). The number of aliphatic imine (C=N–C) groups is 1. The largest absolute Gasteiger partial charge is 0.357 e. The van der Waals surface area contributed by atoms with Crippen LogP contribution in [0.25, 0.3) is 0 Å². The molecule has 0 aliphatic carbocycles. The van der Waals surface area contributed by atoms with Gasteiger partial charge in [-0.3, -0.25) is 4.99 Å². The molecular formula is C21H28FN5. The molecule has 0 amide bonds. The van der Waals surface area contributed by atoms with Crippen LogP contribution in [0.15, 0.2) is 41.5 Å². The van der Waals surface area contributed by atoms with E-state index in [-0.39, 0.29) is 5.82 Å². The maximum Gasteiger partial charge on any atom is 0.191 e. The van der Waals surface area contributed by atoms with Crippen molar-refractivity contribution in [2.24, 2.45) is 4.99 Å². The number of nitrogens with zero attached hydrogens (tertiary/aromatic N) is 3. The molecule has 0 atom stereocenters. The summed E-state index contributed by atoms with van der Waals surface area (Å²) < 4.78 is 13.2. The number of rotatable bonds is 6. The van der Waals surface area contributed by atoms with Gasteiger partial charge in [-0.15, -0.1) is 0 Å². The SMILES string of the molecule is CN=C(NCCc1ccc(F)cc1C)NCc1ccnc(N2CCCC2)c1. The Labute approximate surface area is 160 Å². The molecule has 27 heavy (non-hydrogen) atoms. The van der Waals surface area contributed by atoms with Gasteiger partial charge >= 0.3 is 0 Å². The minimum Gasteiger partial charge on any atom is -0.357 e. The van der Waals surface area contributed by atoms with Crippen LogP contribution >= 0.6 is 0 Å². The smallest absolute Gasteiger partial charge is 0.191 e. The van der Waals surface area contributed by atoms with Crippen molar-refractivity contribution in [3.8, 4) is 0 Å². The Morgan fingerprint density at radius 1 is 1.19 bits per heavy atom. The molecule has 2 N–H and O–H groups in total. The number of hydrogen-bond donors (Lipinski definition) is 2. The van der Waals surface area contributed by atoms with Crippen LogP contribution in [0.2, 0.25) is 0 Å². The summed E-state index contributed by atoms with van der Waals surface area (Å²) in [6.07, 6.45) is 5.18. The van der Waals surface area contributed by atoms with E-state index in [0.29, 0.717) is 6.54 Å². The molecule has 6 heteroatoms. The molecule has 0 unspecified atom stereocenters. The molecule has 0 bridgehead atoms. The Morgan fingerprint density at radius 2 is 2.00 bits per heavy atom. The lowest BCUT2D eigenvalue weighted by Crippen LogP contribution is -2.38. The number of nitrogens with one attached hydrogen (secondary N) is 2. The number of aromatic nitrogens is 1. The zero-order valence-electron chi connectivity index (χ0n) is 16.1. The molecule has 0 saturated carbocycles. The molecule has 1 saturated heterocycles. The van der Waals surface area contributed by atoms with Crippen LogP contribution in [0, 0.1) is 12.7 Å². The molecule has 1 aliphatic rings. The summed E-state index contributed by atoms with van der Waals surface area (Å²) in [5.74, 6) is 1.63. The van der Waals surface area contributed by atoms with Crippen molar-refractivity contribution in [2.75, 3.05) is 31.6 Å². The van der Waals surface area contributed by atoms with E-state index >= 15 is 0 Å². The van der Waals surface area contributed by atoms with E-state index in [9.17, 15) is 4.39 Å². The number of halogens is 1. The summed E-state index contributed by atoms with van der Waals surface area (Å²) in [7, 11) is 1.76. The molecule has 2 heterocycles. The third-order valence-electron chi connectivity index (χ3n) is 4.91. The molecule has 2 aromatic rings. The van der Waals surface area contributed by atoms with E-state index in [2.05, 4.69) is 31.6 Å². The van der Waals surface area contributed by atoms with Crippen LogP contribution in [0.1, 0.15) is 29.5 Å². The number of anilines is 1.